The van der Waals surface area contributed by atoms with Crippen molar-refractivity contribution >= 4 is 18.3 Å². The lowest BCUT2D eigenvalue weighted by atomic mass is 9.95. The molecule has 4 heteroatoms. The summed E-state index contributed by atoms with van der Waals surface area (Å²) in [6.45, 7) is 8.72. The third-order valence-electron chi connectivity index (χ3n) is 3.65. The molecule has 0 spiro atoms. The van der Waals surface area contributed by atoms with E-state index in [4.69, 9.17) is 0 Å². The highest BCUT2D eigenvalue weighted by Gasteiger charge is 2.22. The second kappa shape index (κ2) is 8.76. The largest absolute Gasteiger partial charge is 0.343 e. The predicted octanol–water partition coefficient (Wildman–Crippen LogP) is 2.69. The van der Waals surface area contributed by atoms with Crippen LogP contribution < -0.4 is 5.32 Å². The van der Waals surface area contributed by atoms with Crippen LogP contribution in [0.25, 0.3) is 0 Å². The molecule has 0 saturated carbocycles. The molecular formula is C14H29ClN2O. The van der Waals surface area contributed by atoms with Gasteiger partial charge >= 0.3 is 0 Å². The number of rotatable bonds is 5. The van der Waals surface area contributed by atoms with Crippen molar-refractivity contribution in [3.05, 3.63) is 0 Å². The Labute approximate surface area is 118 Å². The Morgan fingerprint density at radius 1 is 1.28 bits per heavy atom. The van der Waals surface area contributed by atoms with Crippen molar-refractivity contribution in [3.8, 4) is 0 Å². The van der Waals surface area contributed by atoms with Crippen LogP contribution in [0.3, 0.4) is 0 Å². The van der Waals surface area contributed by atoms with E-state index in [0.29, 0.717) is 30.2 Å². The van der Waals surface area contributed by atoms with Crippen LogP contribution >= 0.6 is 12.4 Å². The Morgan fingerprint density at radius 3 is 2.33 bits per heavy atom. The molecule has 0 radical (unpaired) electrons. The molecule has 1 fully saturated rings. The molecule has 1 amide bonds. The normalized spacial score (nSPS) is 18.3. The van der Waals surface area contributed by atoms with Crippen molar-refractivity contribution in [2.45, 2.75) is 52.5 Å². The summed E-state index contributed by atoms with van der Waals surface area (Å²) in [6.07, 6.45) is 4.05. The molecular weight excluding hydrogens is 248 g/mol. The molecule has 1 atom stereocenters. The van der Waals surface area contributed by atoms with Gasteiger partial charge in [0.25, 0.3) is 0 Å². The quantitative estimate of drug-likeness (QED) is 0.837. The maximum atomic E-state index is 12.1. The monoisotopic (exact) mass is 276 g/mol. The van der Waals surface area contributed by atoms with Gasteiger partial charge in [-0.1, -0.05) is 20.8 Å². The summed E-state index contributed by atoms with van der Waals surface area (Å²) < 4.78 is 0. The zero-order valence-corrected chi connectivity index (χ0v) is 13.1. The lowest BCUT2D eigenvalue weighted by molar-refractivity contribution is -0.133. The molecule has 1 aliphatic heterocycles. The number of halogens is 1. The Bertz CT molecular complexity index is 240. The number of nitrogens with one attached hydrogen (secondary N) is 1. The standard InChI is InChI=1S/C14H28N2O.ClH/c1-11(2)9-12(3)10-14(17)16(4)13-5-7-15-8-6-13;/h11-13,15H,5-10H2,1-4H3;1H. The van der Waals surface area contributed by atoms with Crippen LogP contribution in [0.2, 0.25) is 0 Å². The number of carbonyl (C=O) groups is 1. The van der Waals surface area contributed by atoms with Crippen molar-refractivity contribution in [1.82, 2.24) is 10.2 Å². The Kier molecular flexibility index (Phi) is 8.62. The summed E-state index contributed by atoms with van der Waals surface area (Å²) >= 11 is 0. The smallest absolute Gasteiger partial charge is 0.222 e. The van der Waals surface area contributed by atoms with Crippen molar-refractivity contribution in [1.29, 1.82) is 0 Å². The van der Waals surface area contributed by atoms with Crippen LogP contribution in [-0.4, -0.2) is 37.0 Å². The van der Waals surface area contributed by atoms with Crippen LogP contribution in [0.1, 0.15) is 46.5 Å². The van der Waals surface area contributed by atoms with Gasteiger partial charge in [0.2, 0.25) is 5.91 Å². The van der Waals surface area contributed by atoms with E-state index in [-0.39, 0.29) is 12.4 Å². The lowest BCUT2D eigenvalue weighted by Crippen LogP contribution is -2.44. The maximum Gasteiger partial charge on any atom is 0.222 e. The van der Waals surface area contributed by atoms with E-state index in [1.54, 1.807) is 0 Å². The second-order valence-electron chi connectivity index (χ2n) is 5.92. The average molecular weight is 277 g/mol. The minimum Gasteiger partial charge on any atom is -0.343 e. The molecule has 0 aliphatic carbocycles. The number of carbonyl (C=O) groups excluding carboxylic acids is 1. The molecule has 0 aromatic heterocycles. The van der Waals surface area contributed by atoms with E-state index in [0.717, 1.165) is 32.4 Å². The highest BCUT2D eigenvalue weighted by Crippen LogP contribution is 2.18. The summed E-state index contributed by atoms with van der Waals surface area (Å²) in [5, 5.41) is 3.34. The number of hydrogen-bond donors (Lipinski definition) is 1. The topological polar surface area (TPSA) is 32.3 Å². The molecule has 108 valence electrons. The minimum absolute atomic E-state index is 0. The van der Waals surface area contributed by atoms with Crippen molar-refractivity contribution < 1.29 is 4.79 Å². The van der Waals surface area contributed by atoms with Crippen LogP contribution in [0, 0.1) is 11.8 Å². The fraction of sp³-hybridized carbons (Fsp3) is 0.929. The van der Waals surface area contributed by atoms with E-state index in [1.807, 2.05) is 11.9 Å². The first kappa shape index (κ1) is 17.7. The van der Waals surface area contributed by atoms with Gasteiger partial charge in [-0.15, -0.1) is 12.4 Å². The minimum atomic E-state index is 0. The summed E-state index contributed by atoms with van der Waals surface area (Å²) in [4.78, 5) is 14.1. The first-order valence-corrected chi connectivity index (χ1v) is 6.97. The second-order valence-corrected chi connectivity index (χ2v) is 5.92. The first-order valence-electron chi connectivity index (χ1n) is 6.97. The number of hydrogen-bond acceptors (Lipinski definition) is 2. The third kappa shape index (κ3) is 6.05. The molecule has 1 unspecified atom stereocenters. The van der Waals surface area contributed by atoms with E-state index in [2.05, 4.69) is 26.1 Å². The molecule has 1 rings (SSSR count). The zero-order chi connectivity index (χ0) is 12.8. The van der Waals surface area contributed by atoms with Gasteiger partial charge < -0.3 is 10.2 Å². The van der Waals surface area contributed by atoms with Gasteiger partial charge in [-0.25, -0.2) is 0 Å². The summed E-state index contributed by atoms with van der Waals surface area (Å²) in [5.41, 5.74) is 0. The van der Waals surface area contributed by atoms with Crippen LogP contribution in [-0.2, 0) is 4.79 Å². The SMILES string of the molecule is CC(C)CC(C)CC(=O)N(C)C1CCNCC1.Cl. The van der Waals surface area contributed by atoms with Crippen molar-refractivity contribution in [2.24, 2.45) is 11.8 Å². The molecule has 1 heterocycles. The van der Waals surface area contributed by atoms with Gasteiger partial charge in [-0.2, -0.15) is 0 Å². The Balaban J connectivity index is 0.00000289. The van der Waals surface area contributed by atoms with Gasteiger partial charge in [0.05, 0.1) is 0 Å². The lowest BCUT2D eigenvalue weighted by Gasteiger charge is -2.32. The number of piperidine rings is 1. The fourth-order valence-corrected chi connectivity index (χ4v) is 2.73. The molecule has 0 aromatic rings. The van der Waals surface area contributed by atoms with E-state index >= 15 is 0 Å². The highest BCUT2D eigenvalue weighted by atomic mass is 35.5. The van der Waals surface area contributed by atoms with Gasteiger partial charge in [-0.3, -0.25) is 4.79 Å². The molecule has 1 N–H and O–H groups in total. The van der Waals surface area contributed by atoms with E-state index in [1.165, 1.54) is 0 Å². The number of amides is 1. The van der Waals surface area contributed by atoms with Gasteiger partial charge in [0.1, 0.15) is 0 Å². The van der Waals surface area contributed by atoms with Crippen LogP contribution in [0.4, 0.5) is 0 Å². The summed E-state index contributed by atoms with van der Waals surface area (Å²) in [7, 11) is 1.97. The molecule has 18 heavy (non-hydrogen) atoms. The van der Waals surface area contributed by atoms with Gasteiger partial charge in [0.15, 0.2) is 0 Å². The van der Waals surface area contributed by atoms with E-state index < -0.39 is 0 Å². The average Bonchev–Trinajstić information content (AvgIpc) is 2.28. The maximum absolute atomic E-state index is 12.1. The molecule has 0 aromatic carbocycles. The molecule has 1 aliphatic rings. The third-order valence-corrected chi connectivity index (χ3v) is 3.65. The van der Waals surface area contributed by atoms with E-state index in [9.17, 15) is 4.79 Å². The van der Waals surface area contributed by atoms with Crippen molar-refractivity contribution in [3.63, 3.8) is 0 Å². The Hall–Kier alpha value is -0.280. The van der Waals surface area contributed by atoms with Crippen LogP contribution in [0.5, 0.6) is 0 Å². The summed E-state index contributed by atoms with van der Waals surface area (Å²) in [5.74, 6) is 1.51. The molecule has 3 nitrogen and oxygen atoms in total. The summed E-state index contributed by atoms with van der Waals surface area (Å²) in [6, 6.07) is 0.454. The first-order chi connectivity index (χ1) is 8.00. The number of nitrogens with zero attached hydrogens (tertiary/aromatic N) is 1. The van der Waals surface area contributed by atoms with Gasteiger partial charge in [-0.05, 0) is 44.2 Å². The Morgan fingerprint density at radius 2 is 1.83 bits per heavy atom. The van der Waals surface area contributed by atoms with Gasteiger partial charge in [0, 0.05) is 19.5 Å². The predicted molar refractivity (Wildman–Crippen MR) is 79.1 cm³/mol. The van der Waals surface area contributed by atoms with Crippen molar-refractivity contribution in [2.75, 3.05) is 20.1 Å². The molecule has 0 bridgehead atoms. The highest BCUT2D eigenvalue weighted by molar-refractivity contribution is 5.85. The molecule has 1 saturated heterocycles. The zero-order valence-electron chi connectivity index (χ0n) is 12.2. The van der Waals surface area contributed by atoms with Crippen LogP contribution in [0.15, 0.2) is 0 Å². The fourth-order valence-electron chi connectivity index (χ4n) is 2.73.